The van der Waals surface area contributed by atoms with Crippen LogP contribution in [0.25, 0.3) is 4.72 Å². The Kier molecular flexibility index (Phi) is 20.4. The van der Waals surface area contributed by atoms with Gasteiger partial charge in [0, 0.05) is 39.3 Å². The molecule has 386 valence electrons. The van der Waals surface area contributed by atoms with Gasteiger partial charge in [-0.15, -0.1) is 0 Å². The van der Waals surface area contributed by atoms with Gasteiger partial charge in [-0.3, -0.25) is 24.2 Å². The Morgan fingerprint density at radius 3 is 1.97 bits per heavy atom. The van der Waals surface area contributed by atoms with E-state index < -0.39 is 81.9 Å². The molecule has 0 unspecified atom stereocenters. The monoisotopic (exact) mass is 1190 g/mol. The number of carbonyl (C=O) groups excluding carboxylic acids is 4. The fraction of sp³-hybridized carbons (Fsp3) is 0.239. The minimum absolute atomic E-state index is 0. The van der Waals surface area contributed by atoms with Gasteiger partial charge in [0.05, 0.1) is 48.2 Å². The molecule has 4 aromatic carbocycles. The summed E-state index contributed by atoms with van der Waals surface area (Å²) in [7, 11) is -4.85. The summed E-state index contributed by atoms with van der Waals surface area (Å²) >= 11 is 1.86. The summed E-state index contributed by atoms with van der Waals surface area (Å²) in [5.41, 5.74) is -1.28. The van der Waals surface area contributed by atoms with Crippen molar-refractivity contribution in [2.24, 2.45) is 12.2 Å². The number of benzene rings is 4. The molecule has 7 rings (SSSR count). The van der Waals surface area contributed by atoms with Crippen molar-refractivity contribution in [3.05, 3.63) is 161 Å². The summed E-state index contributed by atoms with van der Waals surface area (Å²) in [6.07, 6.45) is -3.71. The number of nitrogens with one attached hydrogen (secondary N) is 2. The number of hydrogen-bond acceptors (Lipinski definition) is 17. The number of aromatic nitrogens is 5. The number of sulfonamides is 1. The Bertz CT molecular complexity index is 3340. The van der Waals surface area contributed by atoms with Crippen LogP contribution in [0.1, 0.15) is 67.8 Å². The van der Waals surface area contributed by atoms with E-state index >= 15 is 0 Å². The zero-order valence-electron chi connectivity index (χ0n) is 40.5. The van der Waals surface area contributed by atoms with Crippen LogP contribution in [0.15, 0.2) is 117 Å². The number of aryl methyl sites for hydroxylation is 3. The molecule has 0 aliphatic carbocycles. The number of rotatable bonds is 12. The first-order valence-corrected chi connectivity index (χ1v) is 25.4. The number of carbonyl (C=O) groups is 4. The number of methoxy groups -OCH3 is 2. The van der Waals surface area contributed by atoms with Crippen LogP contribution in [0.3, 0.4) is 0 Å². The standard InChI is InChI=1S/C18H17NO3.C14H13F3N2O4S.C14H14IN5O6S.Na/c1-2-21-17(20)16-13-18(22-19-16,14-9-5-3-6-10-14)15-11-7-4-8-12-15;1-7-11(13(21)19(2)18-7)12(20)9-5-4-8(14(15,16)17)6-10(9)24(3,22)23;1-7-16-12(19-14(17-7)26-3)18-13(22)20-27(23,24)10-6-8(15)4-5-9(10)11(21)25-2;/h3-12H,2,13H2,1H3;4-6,18H,1-3H3;4-6H,1-3H3,(H2,16,17,18,19,20,22);/q;;;+1/p-1. The molecule has 74 heavy (non-hydrogen) atoms. The normalized spacial score (nSPS) is 12.7. The van der Waals surface area contributed by atoms with Gasteiger partial charge in [0.1, 0.15) is 11.4 Å². The van der Waals surface area contributed by atoms with E-state index in [-0.39, 0.29) is 64.2 Å². The average Bonchev–Trinajstić information content (AvgIpc) is 3.91. The first-order chi connectivity index (χ1) is 34.3. The first-order valence-electron chi connectivity index (χ1n) is 20.9. The molecule has 1 aliphatic heterocycles. The molecule has 0 radical (unpaired) electrons. The molecule has 2 N–H and O–H groups in total. The van der Waals surface area contributed by atoms with Crippen molar-refractivity contribution < 1.29 is 97.8 Å². The van der Waals surface area contributed by atoms with Crippen LogP contribution in [0.5, 0.6) is 6.01 Å². The van der Waals surface area contributed by atoms with Crippen molar-refractivity contribution in [2.45, 2.75) is 48.8 Å². The van der Waals surface area contributed by atoms with Crippen molar-refractivity contribution in [2.75, 3.05) is 32.4 Å². The van der Waals surface area contributed by atoms with Crippen molar-refractivity contribution in [3.63, 3.8) is 0 Å². The molecule has 6 aromatic rings. The second-order valence-electron chi connectivity index (χ2n) is 15.2. The van der Waals surface area contributed by atoms with E-state index in [2.05, 4.69) is 40.0 Å². The number of anilines is 1. The summed E-state index contributed by atoms with van der Waals surface area (Å²) in [4.78, 5) is 76.3. The summed E-state index contributed by atoms with van der Waals surface area (Å²) in [6, 6.07) is 24.1. The predicted molar refractivity (Wildman–Crippen MR) is 263 cm³/mol. The number of halogens is 4. The molecule has 0 bridgehead atoms. The van der Waals surface area contributed by atoms with Gasteiger partial charge in [0.25, 0.3) is 5.56 Å². The number of esters is 2. The molecule has 3 heterocycles. The quantitative estimate of drug-likeness (QED) is 0.0762. The van der Waals surface area contributed by atoms with Crippen LogP contribution in [0, 0.1) is 17.4 Å². The first kappa shape index (κ1) is 60.0. The zero-order valence-corrected chi connectivity index (χ0v) is 46.3. The predicted octanol–water partition coefficient (Wildman–Crippen LogP) is 3.82. The summed E-state index contributed by atoms with van der Waals surface area (Å²) < 4.78 is 106. The molecule has 0 saturated carbocycles. The van der Waals surface area contributed by atoms with Gasteiger partial charge in [-0.05, 0) is 79.8 Å². The van der Waals surface area contributed by atoms with E-state index in [0.29, 0.717) is 40.7 Å². The maximum Gasteiger partial charge on any atom is 1.00 e. The third kappa shape index (κ3) is 14.6. The number of urea groups is 1. The molecular formula is C46H43F3IN8NaO13S2. The molecule has 1 aliphatic rings. The fourth-order valence-electron chi connectivity index (χ4n) is 6.80. The Balaban J connectivity index is 0.000000240. The minimum Gasteiger partial charge on any atom is -0.467 e. The Labute approximate surface area is 457 Å². The van der Waals surface area contributed by atoms with Crippen LogP contribution in [0.4, 0.5) is 23.9 Å². The maximum atomic E-state index is 12.8. The number of amides is 2. The molecule has 2 amide bonds. The van der Waals surface area contributed by atoms with Crippen molar-refractivity contribution in [1.29, 1.82) is 0 Å². The van der Waals surface area contributed by atoms with E-state index in [1.54, 1.807) is 6.92 Å². The molecular weight excluding hydrogens is 1140 g/mol. The number of alkyl halides is 3. The van der Waals surface area contributed by atoms with E-state index in [1.165, 1.54) is 46.2 Å². The summed E-state index contributed by atoms with van der Waals surface area (Å²) in [6.45, 7) is 5.05. The number of H-pyrrole nitrogens is 1. The van der Waals surface area contributed by atoms with Gasteiger partial charge in [-0.25, -0.2) is 31.4 Å². The number of ketones is 1. The van der Waals surface area contributed by atoms with E-state index in [0.717, 1.165) is 29.0 Å². The average molecular weight is 1190 g/mol. The van der Waals surface area contributed by atoms with Crippen molar-refractivity contribution in [1.82, 2.24) is 24.7 Å². The third-order valence-corrected chi connectivity index (χ3v) is 13.2. The Morgan fingerprint density at radius 2 is 1.46 bits per heavy atom. The van der Waals surface area contributed by atoms with Crippen LogP contribution in [0.2, 0.25) is 0 Å². The maximum absolute atomic E-state index is 12.8. The Morgan fingerprint density at radius 1 is 0.865 bits per heavy atom. The number of ether oxygens (including phenoxy) is 3. The number of hydrogen-bond donors (Lipinski definition) is 2. The summed E-state index contributed by atoms with van der Waals surface area (Å²) in [5.74, 6) is -2.25. The van der Waals surface area contributed by atoms with Gasteiger partial charge in [-0.2, -0.15) is 23.1 Å². The second-order valence-corrected chi connectivity index (χ2v) is 20.0. The number of sulfone groups is 1. The van der Waals surface area contributed by atoms with Gasteiger partial charge < -0.3 is 29.1 Å². The Hall–Kier alpha value is -6.53. The molecule has 2 aromatic heterocycles. The molecule has 0 atom stereocenters. The van der Waals surface area contributed by atoms with E-state index in [4.69, 9.17) is 14.3 Å². The zero-order chi connectivity index (χ0) is 54.1. The van der Waals surface area contributed by atoms with Gasteiger partial charge in [0.2, 0.25) is 15.8 Å². The van der Waals surface area contributed by atoms with E-state index in [9.17, 15) is 54.0 Å². The number of aromatic amines is 1. The van der Waals surface area contributed by atoms with Crippen LogP contribution in [-0.4, -0.2) is 98.1 Å². The van der Waals surface area contributed by atoms with Gasteiger partial charge in [0.15, 0.2) is 33.1 Å². The number of oxime groups is 1. The molecule has 0 spiro atoms. The minimum atomic E-state index is -4.76. The van der Waals surface area contributed by atoms with Gasteiger partial charge >= 0.3 is 53.7 Å². The molecule has 0 fully saturated rings. The fourth-order valence-corrected chi connectivity index (χ4v) is 9.47. The largest absolute Gasteiger partial charge is 1.00 e. The molecule has 28 heteroatoms. The SMILES string of the molecule is CCOC(=O)C1=NOC(c2ccccc2)(c2ccccc2)C1.COC(=O)c1ccc(I)cc1S(=O)(=O)[N-]C(=O)Nc1nc(C)nc(OC)n1.Cc1[nH]n(C)c(=O)c1C(=O)c1ccc(C(F)(F)F)cc1S(C)(=O)=O.[Na+]. The van der Waals surface area contributed by atoms with Crippen LogP contribution < -0.4 is 45.2 Å². The third-order valence-electron chi connectivity index (χ3n) is 10.1. The molecule has 0 saturated heterocycles. The summed E-state index contributed by atoms with van der Waals surface area (Å²) in [5, 5.41) is 8.69. The van der Waals surface area contributed by atoms with Gasteiger partial charge in [-0.1, -0.05) is 65.8 Å². The number of nitrogens with zero attached hydrogens (tertiary/aromatic N) is 6. The van der Waals surface area contributed by atoms with E-state index in [1.807, 2.05) is 83.3 Å². The van der Waals surface area contributed by atoms with Crippen molar-refractivity contribution in [3.8, 4) is 6.01 Å². The van der Waals surface area contributed by atoms with Crippen molar-refractivity contribution >= 4 is 77.9 Å². The second kappa shape index (κ2) is 25.1. The smallest absolute Gasteiger partial charge is 0.467 e. The van der Waals surface area contributed by atoms with Crippen LogP contribution >= 0.6 is 22.6 Å². The van der Waals surface area contributed by atoms with Crippen LogP contribution in [-0.2, 0) is 57.8 Å². The topological polar surface area (TPSA) is 288 Å². The molecule has 21 nitrogen and oxygen atoms in total.